The standard InChI is InChI=1S/C77H149NO5/c1-3-5-7-9-11-13-15-17-42-45-49-53-57-61-65-69-75(80)74(73-79)78-76(81)70-66-62-58-54-50-46-43-40-38-36-34-32-30-28-26-24-22-20-19-21-23-25-27-29-31-33-35-37-39-41-44-48-52-56-60-64-68-72-83-77(82)71-67-63-59-55-51-47-18-16-14-12-10-8-6-4-2/h19,21,65,69,74-75,79-80H,3-18,20,22-64,66-68,70-73H2,1-2H3,(H,78,81)/b21-19-,69-65+. The monoisotopic (exact) mass is 1170 g/mol. The van der Waals surface area contributed by atoms with Gasteiger partial charge in [0.2, 0.25) is 5.91 Å². The van der Waals surface area contributed by atoms with Gasteiger partial charge in [-0.15, -0.1) is 0 Å². The molecule has 3 N–H and O–H groups in total. The number of nitrogens with one attached hydrogen (secondary N) is 1. The van der Waals surface area contributed by atoms with Crippen molar-refractivity contribution >= 4 is 11.9 Å². The number of ether oxygens (including phenoxy) is 1. The summed E-state index contributed by atoms with van der Waals surface area (Å²) in [4.78, 5) is 24.6. The van der Waals surface area contributed by atoms with Gasteiger partial charge in [0, 0.05) is 12.8 Å². The number of hydrogen-bond acceptors (Lipinski definition) is 5. The van der Waals surface area contributed by atoms with Crippen LogP contribution in [-0.2, 0) is 14.3 Å². The van der Waals surface area contributed by atoms with E-state index in [-0.39, 0.29) is 18.5 Å². The molecule has 492 valence electrons. The fourth-order valence-corrected chi connectivity index (χ4v) is 12.2. The van der Waals surface area contributed by atoms with Crippen molar-refractivity contribution in [3.05, 3.63) is 24.3 Å². The Kier molecular flexibility index (Phi) is 71.4. The van der Waals surface area contributed by atoms with Gasteiger partial charge in [0.05, 0.1) is 25.4 Å². The summed E-state index contributed by atoms with van der Waals surface area (Å²) >= 11 is 0. The number of allylic oxidation sites excluding steroid dienone is 3. The Balaban J connectivity index is 3.33. The molecule has 0 heterocycles. The predicted octanol–water partition coefficient (Wildman–Crippen LogP) is 24.9. The summed E-state index contributed by atoms with van der Waals surface area (Å²) in [5.41, 5.74) is 0. The molecule has 0 aliphatic heterocycles. The molecule has 0 bridgehead atoms. The number of aliphatic hydroxyl groups is 2. The number of aliphatic hydroxyl groups excluding tert-OH is 2. The molecular weight excluding hydrogens is 1020 g/mol. The Labute approximate surface area is 520 Å². The number of hydrogen-bond donors (Lipinski definition) is 3. The van der Waals surface area contributed by atoms with Crippen molar-refractivity contribution in [1.29, 1.82) is 0 Å². The highest BCUT2D eigenvalue weighted by atomic mass is 16.5. The van der Waals surface area contributed by atoms with Crippen LogP contribution in [0.4, 0.5) is 0 Å². The molecule has 6 heteroatoms. The molecule has 0 spiro atoms. The van der Waals surface area contributed by atoms with Gasteiger partial charge in [-0.05, 0) is 57.8 Å². The van der Waals surface area contributed by atoms with Crippen molar-refractivity contribution in [2.24, 2.45) is 0 Å². The molecule has 0 fully saturated rings. The first kappa shape index (κ1) is 81.3. The molecule has 0 aliphatic rings. The zero-order chi connectivity index (χ0) is 59.9. The lowest BCUT2D eigenvalue weighted by Gasteiger charge is -2.20. The van der Waals surface area contributed by atoms with E-state index in [2.05, 4.69) is 31.3 Å². The van der Waals surface area contributed by atoms with E-state index in [0.29, 0.717) is 19.4 Å². The van der Waals surface area contributed by atoms with Gasteiger partial charge in [0.1, 0.15) is 0 Å². The van der Waals surface area contributed by atoms with E-state index >= 15 is 0 Å². The molecule has 0 aromatic heterocycles. The van der Waals surface area contributed by atoms with Gasteiger partial charge in [0.15, 0.2) is 0 Å². The fraction of sp³-hybridized carbons (Fsp3) is 0.922. The van der Waals surface area contributed by atoms with Crippen molar-refractivity contribution in [2.75, 3.05) is 13.2 Å². The molecule has 6 nitrogen and oxygen atoms in total. The number of amides is 1. The summed E-state index contributed by atoms with van der Waals surface area (Å²) in [5, 5.41) is 23.2. The van der Waals surface area contributed by atoms with E-state index in [0.717, 1.165) is 38.5 Å². The van der Waals surface area contributed by atoms with Gasteiger partial charge in [-0.25, -0.2) is 0 Å². The SMILES string of the molecule is CCCCCCCCCCCCCCC/C=C/C(O)C(CO)NC(=O)CCCCCCCCCCCCCCCCCCC/C=C\CCCCCCCCCCCCCCCCCCOC(=O)CCCCCCCCCCCCCCCC. The Morgan fingerprint density at radius 1 is 0.325 bits per heavy atom. The Morgan fingerprint density at radius 3 is 0.855 bits per heavy atom. The fourth-order valence-electron chi connectivity index (χ4n) is 12.2. The highest BCUT2D eigenvalue weighted by Crippen LogP contribution is 2.19. The van der Waals surface area contributed by atoms with Crippen LogP contribution in [0.1, 0.15) is 431 Å². The number of carbonyl (C=O) groups excluding carboxylic acids is 2. The molecule has 2 unspecified atom stereocenters. The lowest BCUT2D eigenvalue weighted by molar-refractivity contribution is -0.143. The maximum absolute atomic E-state index is 12.5. The van der Waals surface area contributed by atoms with Gasteiger partial charge in [-0.1, -0.05) is 385 Å². The van der Waals surface area contributed by atoms with Crippen LogP contribution in [-0.4, -0.2) is 47.4 Å². The van der Waals surface area contributed by atoms with Crippen LogP contribution < -0.4 is 5.32 Å². The quantitative estimate of drug-likeness (QED) is 0.0320. The zero-order valence-electron chi connectivity index (χ0n) is 56.5. The molecule has 1 amide bonds. The molecule has 2 atom stereocenters. The average Bonchev–Trinajstić information content (AvgIpc) is 3.49. The molecule has 0 rings (SSSR count). The normalized spacial score (nSPS) is 12.6. The summed E-state index contributed by atoms with van der Waals surface area (Å²) in [5.74, 6) is -0.0368. The first-order valence-electron chi connectivity index (χ1n) is 38.1. The van der Waals surface area contributed by atoms with Crippen LogP contribution in [0.15, 0.2) is 24.3 Å². The van der Waals surface area contributed by atoms with Gasteiger partial charge in [0.25, 0.3) is 0 Å². The van der Waals surface area contributed by atoms with Gasteiger partial charge >= 0.3 is 5.97 Å². The number of unbranched alkanes of at least 4 members (excludes halogenated alkanes) is 59. The number of carbonyl (C=O) groups is 2. The first-order valence-corrected chi connectivity index (χ1v) is 38.1. The van der Waals surface area contributed by atoms with Crippen molar-refractivity contribution in [2.45, 2.75) is 443 Å². The molecule has 0 aromatic rings. The number of rotatable bonds is 72. The van der Waals surface area contributed by atoms with E-state index in [9.17, 15) is 19.8 Å². The van der Waals surface area contributed by atoms with Crippen molar-refractivity contribution in [3.63, 3.8) is 0 Å². The summed E-state index contributed by atoms with van der Waals surface area (Å²) in [6.45, 7) is 4.95. The highest BCUT2D eigenvalue weighted by Gasteiger charge is 2.18. The Morgan fingerprint density at radius 2 is 0.566 bits per heavy atom. The third-order valence-corrected chi connectivity index (χ3v) is 18.0. The van der Waals surface area contributed by atoms with Crippen molar-refractivity contribution in [1.82, 2.24) is 5.32 Å². The van der Waals surface area contributed by atoms with Crippen LogP contribution in [0, 0.1) is 0 Å². The second-order valence-electron chi connectivity index (χ2n) is 26.3. The molecule has 0 saturated heterocycles. The zero-order valence-corrected chi connectivity index (χ0v) is 56.5. The predicted molar refractivity (Wildman–Crippen MR) is 366 cm³/mol. The highest BCUT2D eigenvalue weighted by molar-refractivity contribution is 5.76. The van der Waals surface area contributed by atoms with Crippen LogP contribution in [0.5, 0.6) is 0 Å². The Hall–Kier alpha value is -1.66. The molecule has 0 radical (unpaired) electrons. The molecule has 0 aromatic carbocycles. The topological polar surface area (TPSA) is 95.9 Å². The second-order valence-corrected chi connectivity index (χ2v) is 26.3. The van der Waals surface area contributed by atoms with E-state index in [1.54, 1.807) is 6.08 Å². The van der Waals surface area contributed by atoms with Gasteiger partial charge in [-0.3, -0.25) is 9.59 Å². The second kappa shape index (κ2) is 72.8. The van der Waals surface area contributed by atoms with Gasteiger partial charge < -0.3 is 20.3 Å². The maximum atomic E-state index is 12.5. The minimum absolute atomic E-state index is 0.0243. The smallest absolute Gasteiger partial charge is 0.305 e. The third kappa shape index (κ3) is 69.3. The van der Waals surface area contributed by atoms with Crippen LogP contribution in [0.3, 0.4) is 0 Å². The van der Waals surface area contributed by atoms with Crippen molar-refractivity contribution < 1.29 is 24.5 Å². The lowest BCUT2D eigenvalue weighted by atomic mass is 10.0. The minimum atomic E-state index is -0.841. The van der Waals surface area contributed by atoms with E-state index in [1.807, 2.05) is 6.08 Å². The van der Waals surface area contributed by atoms with Crippen molar-refractivity contribution in [3.8, 4) is 0 Å². The van der Waals surface area contributed by atoms with Gasteiger partial charge in [-0.2, -0.15) is 0 Å². The average molecular weight is 1170 g/mol. The first-order chi connectivity index (χ1) is 41.0. The maximum Gasteiger partial charge on any atom is 0.305 e. The molecule has 0 saturated carbocycles. The van der Waals surface area contributed by atoms with E-state index < -0.39 is 12.1 Å². The Bertz CT molecular complexity index is 1300. The summed E-state index contributed by atoms with van der Waals surface area (Å²) in [6.07, 6.45) is 93.0. The summed E-state index contributed by atoms with van der Waals surface area (Å²) < 4.78 is 5.50. The largest absolute Gasteiger partial charge is 0.466 e. The van der Waals surface area contributed by atoms with Crippen LogP contribution >= 0.6 is 0 Å². The van der Waals surface area contributed by atoms with Crippen LogP contribution in [0.2, 0.25) is 0 Å². The third-order valence-electron chi connectivity index (χ3n) is 18.0. The van der Waals surface area contributed by atoms with E-state index in [1.165, 1.54) is 366 Å². The molecular formula is C77H149NO5. The summed E-state index contributed by atoms with van der Waals surface area (Å²) in [6, 6.07) is -0.624. The van der Waals surface area contributed by atoms with Crippen LogP contribution in [0.25, 0.3) is 0 Å². The minimum Gasteiger partial charge on any atom is -0.466 e. The molecule has 83 heavy (non-hydrogen) atoms. The van der Waals surface area contributed by atoms with E-state index in [4.69, 9.17) is 4.74 Å². The lowest BCUT2D eigenvalue weighted by Crippen LogP contribution is -2.45. The summed E-state index contributed by atoms with van der Waals surface area (Å²) in [7, 11) is 0. The number of esters is 1. The molecule has 0 aliphatic carbocycles.